The largest absolute Gasteiger partial charge is 0.384 e. The SMILES string of the molecule is COCCS(=O)(=O)C(C(=O)NCC(=O)NC1CC1)c1nc2cc(F)c(-c3ccc(C(=O)NCCc4ccccc4)cc3)cc2s1. The first-order valence-corrected chi connectivity index (χ1v) is 17.0. The lowest BCUT2D eigenvalue weighted by molar-refractivity contribution is -0.126. The molecule has 1 aromatic heterocycles. The Kier molecular flexibility index (Phi) is 10.2. The zero-order chi connectivity index (χ0) is 32.0. The maximum Gasteiger partial charge on any atom is 0.251 e. The summed E-state index contributed by atoms with van der Waals surface area (Å²) in [6.45, 7) is -0.0488. The molecule has 1 aliphatic carbocycles. The third-order valence-electron chi connectivity index (χ3n) is 7.25. The number of carbonyl (C=O) groups excluding carboxylic acids is 3. The first-order valence-electron chi connectivity index (χ1n) is 14.4. The van der Waals surface area contributed by atoms with Gasteiger partial charge in [0.1, 0.15) is 10.8 Å². The first kappa shape index (κ1) is 32.2. The van der Waals surface area contributed by atoms with E-state index in [1.54, 1.807) is 30.3 Å². The number of nitrogens with zero attached hydrogens (tertiary/aromatic N) is 1. The maximum absolute atomic E-state index is 15.3. The van der Waals surface area contributed by atoms with Gasteiger partial charge in [-0.15, -0.1) is 11.3 Å². The highest BCUT2D eigenvalue weighted by Gasteiger charge is 2.37. The van der Waals surface area contributed by atoms with Crippen LogP contribution < -0.4 is 16.0 Å². The van der Waals surface area contributed by atoms with Gasteiger partial charge in [0, 0.05) is 36.9 Å². The molecule has 13 heteroatoms. The van der Waals surface area contributed by atoms with E-state index in [1.165, 1.54) is 13.2 Å². The molecular weight excluding hydrogens is 620 g/mol. The number of thiazole rings is 1. The number of halogens is 1. The summed E-state index contributed by atoms with van der Waals surface area (Å²) in [4.78, 5) is 42.2. The van der Waals surface area contributed by atoms with Gasteiger partial charge in [0.2, 0.25) is 11.8 Å². The predicted molar refractivity (Wildman–Crippen MR) is 170 cm³/mol. The lowest BCUT2D eigenvalue weighted by Crippen LogP contribution is -2.41. The molecule has 3 aromatic carbocycles. The monoisotopic (exact) mass is 652 g/mol. The lowest BCUT2D eigenvalue weighted by atomic mass is 10.0. The summed E-state index contributed by atoms with van der Waals surface area (Å²) in [6.07, 6.45) is 2.43. The van der Waals surface area contributed by atoms with Crippen molar-refractivity contribution in [1.29, 1.82) is 0 Å². The number of carbonyl (C=O) groups is 3. The minimum atomic E-state index is -4.10. The number of hydrogen-bond acceptors (Lipinski definition) is 8. The van der Waals surface area contributed by atoms with Crippen LogP contribution in [-0.4, -0.2) is 69.7 Å². The average Bonchev–Trinajstić information content (AvgIpc) is 3.75. The second-order valence-electron chi connectivity index (χ2n) is 10.7. The van der Waals surface area contributed by atoms with Crippen LogP contribution in [0.4, 0.5) is 4.39 Å². The van der Waals surface area contributed by atoms with Crippen LogP contribution in [0.2, 0.25) is 0 Å². The topological polar surface area (TPSA) is 144 Å². The van der Waals surface area contributed by atoms with Crippen molar-refractivity contribution in [3.63, 3.8) is 0 Å². The summed E-state index contributed by atoms with van der Waals surface area (Å²) in [6, 6.07) is 19.1. The molecule has 1 aliphatic rings. The van der Waals surface area contributed by atoms with Crippen molar-refractivity contribution >= 4 is 49.1 Å². The summed E-state index contributed by atoms with van der Waals surface area (Å²) in [5.74, 6) is -2.60. The van der Waals surface area contributed by atoms with Crippen LogP contribution in [0.3, 0.4) is 0 Å². The fourth-order valence-electron chi connectivity index (χ4n) is 4.68. The molecule has 1 atom stereocenters. The average molecular weight is 653 g/mol. The van der Waals surface area contributed by atoms with Crippen molar-refractivity contribution in [2.75, 3.05) is 32.6 Å². The number of ether oxygens (including phenoxy) is 1. The van der Waals surface area contributed by atoms with Crippen LogP contribution in [0.15, 0.2) is 66.7 Å². The van der Waals surface area contributed by atoms with Gasteiger partial charge in [-0.25, -0.2) is 17.8 Å². The smallest absolute Gasteiger partial charge is 0.251 e. The molecule has 3 N–H and O–H groups in total. The number of nitrogens with one attached hydrogen (secondary N) is 3. The van der Waals surface area contributed by atoms with Crippen molar-refractivity contribution in [2.24, 2.45) is 0 Å². The van der Waals surface area contributed by atoms with E-state index in [4.69, 9.17) is 4.74 Å². The van der Waals surface area contributed by atoms with Crippen molar-refractivity contribution in [2.45, 2.75) is 30.6 Å². The molecule has 1 heterocycles. The summed E-state index contributed by atoms with van der Waals surface area (Å²) in [5, 5.41) is 6.29. The Balaban J connectivity index is 1.33. The third kappa shape index (κ3) is 8.29. The summed E-state index contributed by atoms with van der Waals surface area (Å²) >= 11 is 0.958. The maximum atomic E-state index is 15.3. The Morgan fingerprint density at radius 1 is 1.04 bits per heavy atom. The fraction of sp³-hybridized carbons (Fsp3) is 0.312. The summed E-state index contributed by atoms with van der Waals surface area (Å²) in [7, 11) is -2.76. The zero-order valence-electron chi connectivity index (χ0n) is 24.5. The van der Waals surface area contributed by atoms with Gasteiger partial charge in [-0.2, -0.15) is 0 Å². The standard InChI is InChI=1S/C32H33FN4O6S2/c1-43-15-16-45(41,42)29(31(40)35-19-28(38)36-23-11-12-23)32-37-26-18-25(33)24(17-27(26)44-32)21-7-9-22(10-8-21)30(39)34-14-13-20-5-3-2-4-6-20/h2-10,17-18,23,29H,11-16,19H2,1H3,(H,34,39)(H,35,40)(H,36,38). The van der Waals surface area contributed by atoms with Crippen LogP contribution in [0.5, 0.6) is 0 Å². The molecule has 1 unspecified atom stereocenters. The van der Waals surface area contributed by atoms with Gasteiger partial charge in [-0.05, 0) is 48.6 Å². The van der Waals surface area contributed by atoms with Crippen LogP contribution in [0.1, 0.15) is 39.0 Å². The number of rotatable bonds is 14. The first-order chi connectivity index (χ1) is 21.6. The van der Waals surface area contributed by atoms with Crippen molar-refractivity contribution in [3.05, 3.63) is 88.7 Å². The van der Waals surface area contributed by atoms with Gasteiger partial charge in [0.05, 0.1) is 29.1 Å². The van der Waals surface area contributed by atoms with Crippen molar-refractivity contribution in [1.82, 2.24) is 20.9 Å². The minimum Gasteiger partial charge on any atom is -0.384 e. The molecule has 5 rings (SSSR count). The lowest BCUT2D eigenvalue weighted by Gasteiger charge is -2.15. The normalized spacial score (nSPS) is 13.7. The van der Waals surface area contributed by atoms with E-state index in [0.29, 0.717) is 28.8 Å². The van der Waals surface area contributed by atoms with Crippen molar-refractivity contribution in [3.8, 4) is 11.1 Å². The Morgan fingerprint density at radius 2 is 1.78 bits per heavy atom. The molecule has 10 nitrogen and oxygen atoms in total. The van der Waals surface area contributed by atoms with Gasteiger partial charge in [-0.1, -0.05) is 42.5 Å². The predicted octanol–water partition coefficient (Wildman–Crippen LogP) is 3.57. The van der Waals surface area contributed by atoms with Crippen LogP contribution in [-0.2, 0) is 30.6 Å². The fourth-order valence-corrected chi connectivity index (χ4v) is 7.64. The number of aromatic nitrogens is 1. The third-order valence-corrected chi connectivity index (χ3v) is 10.4. The van der Waals surface area contributed by atoms with Crippen molar-refractivity contribution < 1.29 is 31.9 Å². The minimum absolute atomic E-state index is 0.0414. The van der Waals surface area contributed by atoms with E-state index in [2.05, 4.69) is 20.9 Å². The number of methoxy groups -OCH3 is 1. The zero-order valence-corrected chi connectivity index (χ0v) is 26.2. The van der Waals surface area contributed by atoms with Gasteiger partial charge in [0.25, 0.3) is 5.91 Å². The molecule has 45 heavy (non-hydrogen) atoms. The van der Waals surface area contributed by atoms with Gasteiger partial charge >= 0.3 is 0 Å². The molecule has 236 valence electrons. The van der Waals surface area contributed by atoms with Gasteiger partial charge in [-0.3, -0.25) is 14.4 Å². The number of hydrogen-bond donors (Lipinski definition) is 3. The molecule has 0 bridgehead atoms. The highest BCUT2D eigenvalue weighted by Crippen LogP contribution is 2.35. The van der Waals surface area contributed by atoms with Crippen LogP contribution in [0, 0.1) is 5.82 Å². The molecule has 4 aromatic rings. The van der Waals surface area contributed by atoms with E-state index in [0.717, 1.165) is 29.7 Å². The van der Waals surface area contributed by atoms with Crippen LogP contribution >= 0.6 is 11.3 Å². The van der Waals surface area contributed by atoms with E-state index in [1.807, 2.05) is 30.3 Å². The summed E-state index contributed by atoms with van der Waals surface area (Å²) < 4.78 is 47.2. The highest BCUT2D eigenvalue weighted by atomic mass is 32.2. The van der Waals surface area contributed by atoms with Gasteiger partial charge < -0.3 is 20.7 Å². The van der Waals surface area contributed by atoms with Gasteiger partial charge in [0.15, 0.2) is 15.1 Å². The molecule has 1 fully saturated rings. The Hall–Kier alpha value is -4.20. The molecular formula is C32H33FN4O6S2. The summed E-state index contributed by atoms with van der Waals surface area (Å²) in [5.41, 5.74) is 2.47. The molecule has 0 spiro atoms. The number of sulfone groups is 1. The van der Waals surface area contributed by atoms with E-state index in [-0.39, 0.29) is 41.2 Å². The van der Waals surface area contributed by atoms with E-state index >= 15 is 4.39 Å². The molecule has 1 saturated carbocycles. The highest BCUT2D eigenvalue weighted by molar-refractivity contribution is 7.92. The van der Waals surface area contributed by atoms with E-state index < -0.39 is 38.5 Å². The number of fused-ring (bicyclic) bond motifs is 1. The number of benzene rings is 3. The second kappa shape index (κ2) is 14.3. The number of amides is 3. The Morgan fingerprint density at radius 3 is 2.47 bits per heavy atom. The Labute approximate surface area is 264 Å². The molecule has 0 aliphatic heterocycles. The second-order valence-corrected chi connectivity index (χ2v) is 14.0. The van der Waals surface area contributed by atoms with Crippen LogP contribution in [0.25, 0.3) is 21.3 Å². The molecule has 0 radical (unpaired) electrons. The Bertz CT molecular complexity index is 1790. The molecule has 0 saturated heterocycles. The van der Waals surface area contributed by atoms with E-state index in [9.17, 15) is 22.8 Å². The quantitative estimate of drug-likeness (QED) is 0.189. The molecule has 3 amide bonds.